The molecule has 5 rings (SSSR count). The van der Waals surface area contributed by atoms with Crippen molar-refractivity contribution >= 4 is 34.6 Å². The summed E-state index contributed by atoms with van der Waals surface area (Å²) in [5.41, 5.74) is 4.37. The Balaban J connectivity index is 1.49. The molecule has 0 spiro atoms. The minimum absolute atomic E-state index is 0.189. The summed E-state index contributed by atoms with van der Waals surface area (Å²) in [5, 5.41) is 14.9. The van der Waals surface area contributed by atoms with Crippen molar-refractivity contribution in [3.8, 4) is 22.7 Å². The van der Waals surface area contributed by atoms with Crippen molar-refractivity contribution in [2.24, 2.45) is 4.99 Å². The second-order valence-electron chi connectivity index (χ2n) is 7.46. The normalized spacial score (nSPS) is 14.5. The highest BCUT2D eigenvalue weighted by Crippen LogP contribution is 2.34. The van der Waals surface area contributed by atoms with Gasteiger partial charge in [0.1, 0.15) is 5.75 Å². The Labute approximate surface area is 195 Å². The van der Waals surface area contributed by atoms with E-state index >= 15 is 0 Å². The number of aliphatic imine (C=N–C) groups is 1. The minimum atomic E-state index is -0.285. The molecule has 2 heterocycles. The van der Waals surface area contributed by atoms with Crippen LogP contribution in [0.1, 0.15) is 5.56 Å². The molecule has 1 aliphatic heterocycles. The van der Waals surface area contributed by atoms with Gasteiger partial charge >= 0.3 is 0 Å². The van der Waals surface area contributed by atoms with Gasteiger partial charge in [0.05, 0.1) is 16.3 Å². The van der Waals surface area contributed by atoms with E-state index in [1.807, 2.05) is 89.6 Å². The molecule has 4 aromatic rings. The molecule has 3 aromatic carbocycles. The fraction of sp³-hybridized carbons (Fsp3) is 0.0385. The van der Waals surface area contributed by atoms with Crippen LogP contribution in [0.15, 0.2) is 101 Å². The maximum Gasteiger partial charge on any atom is 0.286 e. The van der Waals surface area contributed by atoms with Gasteiger partial charge in [-0.15, -0.1) is 0 Å². The number of para-hydroxylation sites is 1. The average Bonchev–Trinajstić information content (AvgIpc) is 3.44. The van der Waals surface area contributed by atoms with Crippen LogP contribution in [0.3, 0.4) is 0 Å². The van der Waals surface area contributed by atoms with Gasteiger partial charge < -0.3 is 10.0 Å². The van der Waals surface area contributed by atoms with E-state index in [1.165, 1.54) is 11.8 Å². The van der Waals surface area contributed by atoms with Crippen molar-refractivity contribution in [1.82, 2.24) is 9.78 Å². The summed E-state index contributed by atoms with van der Waals surface area (Å²) in [6, 6.07) is 26.6. The van der Waals surface area contributed by atoms with Crippen LogP contribution >= 0.6 is 11.8 Å². The molecular formula is C26H20N4O2S. The number of aromatic hydroxyl groups is 1. The summed E-state index contributed by atoms with van der Waals surface area (Å²) in [5.74, 6) is -0.0965. The molecule has 1 amide bonds. The summed E-state index contributed by atoms with van der Waals surface area (Å²) in [7, 11) is 1.84. The van der Waals surface area contributed by atoms with E-state index in [1.54, 1.807) is 24.3 Å². The van der Waals surface area contributed by atoms with Gasteiger partial charge in [-0.3, -0.25) is 4.79 Å². The van der Waals surface area contributed by atoms with Gasteiger partial charge in [0.15, 0.2) is 5.17 Å². The summed E-state index contributed by atoms with van der Waals surface area (Å²) in [6.45, 7) is 0. The molecule has 7 heteroatoms. The zero-order chi connectivity index (χ0) is 22.8. The fourth-order valence-electron chi connectivity index (χ4n) is 3.50. The van der Waals surface area contributed by atoms with Crippen LogP contribution < -0.4 is 4.90 Å². The Morgan fingerprint density at radius 1 is 0.939 bits per heavy atom. The predicted molar refractivity (Wildman–Crippen MR) is 134 cm³/mol. The van der Waals surface area contributed by atoms with E-state index in [0.29, 0.717) is 10.1 Å². The molecule has 0 bridgehead atoms. The third kappa shape index (κ3) is 4.31. The number of amides is 1. The number of hydrogen-bond donors (Lipinski definition) is 1. The maximum absolute atomic E-state index is 12.7. The lowest BCUT2D eigenvalue weighted by atomic mass is 10.1. The number of phenols is 1. The van der Waals surface area contributed by atoms with Crippen LogP contribution in [0.2, 0.25) is 0 Å². The van der Waals surface area contributed by atoms with Gasteiger partial charge in [-0.25, -0.2) is 4.68 Å². The lowest BCUT2D eigenvalue weighted by molar-refractivity contribution is -0.113. The first kappa shape index (κ1) is 20.8. The monoisotopic (exact) mass is 452 g/mol. The lowest BCUT2D eigenvalue weighted by Crippen LogP contribution is -2.21. The molecule has 33 heavy (non-hydrogen) atoms. The average molecular weight is 453 g/mol. The third-order valence-electron chi connectivity index (χ3n) is 5.23. The van der Waals surface area contributed by atoms with E-state index in [2.05, 4.69) is 4.99 Å². The fourth-order valence-corrected chi connectivity index (χ4v) is 4.38. The van der Waals surface area contributed by atoms with Crippen LogP contribution in [0.5, 0.6) is 5.75 Å². The molecule has 0 atom stereocenters. The Bertz CT molecular complexity index is 1360. The van der Waals surface area contributed by atoms with Gasteiger partial charge in [0.2, 0.25) is 0 Å². The Morgan fingerprint density at radius 2 is 1.61 bits per heavy atom. The highest BCUT2D eigenvalue weighted by molar-refractivity contribution is 8.18. The van der Waals surface area contributed by atoms with E-state index in [-0.39, 0.29) is 11.7 Å². The Kier molecular flexibility index (Phi) is 5.54. The summed E-state index contributed by atoms with van der Waals surface area (Å²) in [4.78, 5) is 19.3. The molecule has 0 aliphatic carbocycles. The lowest BCUT2D eigenvalue weighted by Gasteiger charge is -2.17. The number of carbonyl (C=O) groups is 1. The van der Waals surface area contributed by atoms with Gasteiger partial charge in [0, 0.05) is 30.1 Å². The van der Waals surface area contributed by atoms with E-state index in [9.17, 15) is 9.90 Å². The zero-order valence-electron chi connectivity index (χ0n) is 17.8. The second-order valence-corrected chi connectivity index (χ2v) is 8.47. The van der Waals surface area contributed by atoms with Crippen LogP contribution in [0.25, 0.3) is 23.0 Å². The van der Waals surface area contributed by atoms with Crippen molar-refractivity contribution < 1.29 is 9.90 Å². The standard InChI is InChI=1S/C26H20N4O2S/c1-29(20-12-14-22(31)15-13-20)26-27-25(32)23(33-26)16-19-17-30(21-10-6-3-7-11-21)28-24(19)18-8-4-2-5-9-18/h2-17,31H,1H3/b23-16-. The molecule has 1 aliphatic rings. The molecule has 6 nitrogen and oxygen atoms in total. The smallest absolute Gasteiger partial charge is 0.286 e. The highest BCUT2D eigenvalue weighted by atomic mass is 32.2. The van der Waals surface area contributed by atoms with Crippen molar-refractivity contribution in [2.75, 3.05) is 11.9 Å². The van der Waals surface area contributed by atoms with E-state index < -0.39 is 0 Å². The largest absolute Gasteiger partial charge is 0.508 e. The number of thioether (sulfide) groups is 1. The van der Waals surface area contributed by atoms with Gasteiger partial charge in [-0.05, 0) is 54.2 Å². The first-order valence-electron chi connectivity index (χ1n) is 10.3. The molecule has 1 aromatic heterocycles. The summed E-state index contributed by atoms with van der Waals surface area (Å²) >= 11 is 1.32. The van der Waals surface area contributed by atoms with Gasteiger partial charge in [0.25, 0.3) is 5.91 Å². The van der Waals surface area contributed by atoms with Crippen molar-refractivity contribution in [3.63, 3.8) is 0 Å². The van der Waals surface area contributed by atoms with Crippen LogP contribution in [0, 0.1) is 0 Å². The molecule has 0 radical (unpaired) electrons. The van der Waals surface area contributed by atoms with Crippen LogP contribution in [-0.4, -0.2) is 33.0 Å². The van der Waals surface area contributed by atoms with E-state index in [0.717, 1.165) is 28.2 Å². The van der Waals surface area contributed by atoms with Crippen molar-refractivity contribution in [2.45, 2.75) is 0 Å². The Morgan fingerprint density at radius 3 is 2.30 bits per heavy atom. The number of nitrogens with zero attached hydrogens (tertiary/aromatic N) is 4. The van der Waals surface area contributed by atoms with E-state index in [4.69, 9.17) is 5.10 Å². The third-order valence-corrected chi connectivity index (χ3v) is 6.29. The molecular weight excluding hydrogens is 432 g/mol. The summed E-state index contributed by atoms with van der Waals surface area (Å²) < 4.78 is 1.82. The number of benzene rings is 3. The van der Waals surface area contributed by atoms with Crippen molar-refractivity contribution in [3.05, 3.63) is 102 Å². The minimum Gasteiger partial charge on any atom is -0.508 e. The first-order valence-corrected chi connectivity index (χ1v) is 11.2. The molecule has 1 N–H and O–H groups in total. The Hall–Kier alpha value is -4.10. The van der Waals surface area contributed by atoms with Crippen LogP contribution in [-0.2, 0) is 4.79 Å². The first-order chi connectivity index (χ1) is 16.1. The predicted octanol–water partition coefficient (Wildman–Crippen LogP) is 5.35. The number of phenolic OH excluding ortho intramolecular Hbond substituents is 1. The maximum atomic E-state index is 12.7. The highest BCUT2D eigenvalue weighted by Gasteiger charge is 2.26. The van der Waals surface area contributed by atoms with Gasteiger partial charge in [-0.2, -0.15) is 10.1 Å². The quantitative estimate of drug-likeness (QED) is 0.423. The van der Waals surface area contributed by atoms with Gasteiger partial charge in [-0.1, -0.05) is 48.5 Å². The molecule has 162 valence electrons. The SMILES string of the molecule is CN(C1=NC(=O)/C(=C/c2cn(-c3ccccc3)nc2-c2ccccc2)S1)c1ccc(O)cc1. The number of carbonyl (C=O) groups excluding carboxylic acids is 1. The number of anilines is 1. The number of hydrogen-bond acceptors (Lipinski definition) is 5. The topological polar surface area (TPSA) is 70.7 Å². The number of amidine groups is 1. The summed E-state index contributed by atoms with van der Waals surface area (Å²) in [6.07, 6.45) is 3.78. The zero-order valence-corrected chi connectivity index (χ0v) is 18.6. The number of rotatable bonds is 4. The molecule has 0 saturated carbocycles. The molecule has 0 saturated heterocycles. The number of aromatic nitrogens is 2. The van der Waals surface area contributed by atoms with Crippen molar-refractivity contribution in [1.29, 1.82) is 0 Å². The molecule has 0 fully saturated rings. The molecule has 0 unspecified atom stereocenters. The van der Waals surface area contributed by atoms with Crippen LogP contribution in [0.4, 0.5) is 5.69 Å². The second kappa shape index (κ2) is 8.80.